The van der Waals surface area contributed by atoms with Crippen molar-refractivity contribution in [3.05, 3.63) is 0 Å². The molecule has 0 amide bonds. The molecular formula is C6H12O7S. The number of ether oxygens (including phenoxy) is 1. The molecule has 0 aliphatic carbocycles. The molecule has 0 bridgehead atoms. The Labute approximate surface area is 81.0 Å². The van der Waals surface area contributed by atoms with Gasteiger partial charge in [-0.25, -0.2) is 0 Å². The van der Waals surface area contributed by atoms with Gasteiger partial charge in [0, 0.05) is 0 Å². The number of hydrogen-bond acceptors (Lipinski definition) is 7. The summed E-state index contributed by atoms with van der Waals surface area (Å²) in [5.41, 5.74) is 0. The average Bonchev–Trinajstić information content (AvgIpc) is 2.04. The van der Waals surface area contributed by atoms with Crippen LogP contribution in [-0.2, 0) is 19.0 Å². The lowest BCUT2D eigenvalue weighted by Crippen LogP contribution is -2.54. The molecule has 1 saturated heterocycles. The Morgan fingerprint density at radius 1 is 1.29 bits per heavy atom. The second-order valence-corrected chi connectivity index (χ2v) is 4.64. The minimum Gasteiger partial charge on any atom is -0.387 e. The van der Waals surface area contributed by atoms with E-state index in [9.17, 15) is 13.5 Å². The van der Waals surface area contributed by atoms with Crippen molar-refractivity contribution in [2.75, 3.05) is 12.9 Å². The van der Waals surface area contributed by atoms with Gasteiger partial charge in [-0.3, -0.25) is 4.18 Å². The maximum atomic E-state index is 10.7. The number of aliphatic hydroxyl groups is 3. The molecule has 0 aromatic carbocycles. The van der Waals surface area contributed by atoms with E-state index in [1.165, 1.54) is 0 Å². The van der Waals surface area contributed by atoms with Gasteiger partial charge < -0.3 is 20.1 Å². The van der Waals surface area contributed by atoms with E-state index < -0.39 is 34.7 Å². The van der Waals surface area contributed by atoms with E-state index in [0.717, 1.165) is 6.26 Å². The van der Waals surface area contributed by atoms with Crippen molar-refractivity contribution in [1.29, 1.82) is 0 Å². The maximum absolute atomic E-state index is 10.7. The van der Waals surface area contributed by atoms with Gasteiger partial charge in [-0.05, 0) is 0 Å². The highest BCUT2D eigenvalue weighted by Crippen LogP contribution is 2.17. The highest BCUT2D eigenvalue weighted by molar-refractivity contribution is 7.86. The molecule has 0 aromatic heterocycles. The highest BCUT2D eigenvalue weighted by Gasteiger charge is 2.39. The van der Waals surface area contributed by atoms with Crippen molar-refractivity contribution in [2.24, 2.45) is 0 Å². The van der Waals surface area contributed by atoms with Crippen LogP contribution in [0.1, 0.15) is 0 Å². The zero-order valence-corrected chi connectivity index (χ0v) is 8.22. The molecule has 14 heavy (non-hydrogen) atoms. The Morgan fingerprint density at radius 3 is 2.36 bits per heavy atom. The summed E-state index contributed by atoms with van der Waals surface area (Å²) in [5.74, 6) is 0. The fourth-order valence-corrected chi connectivity index (χ4v) is 1.71. The predicted octanol–water partition coefficient (Wildman–Crippen LogP) is -2.60. The standard InChI is InChI=1S/C6H12O7S/c1-14(10,11)13-3-2-12-6(9)5(8)4(3)7/h3-9H,2H2,1H3. The molecule has 0 spiro atoms. The van der Waals surface area contributed by atoms with Crippen molar-refractivity contribution in [2.45, 2.75) is 24.6 Å². The molecular weight excluding hydrogens is 216 g/mol. The monoisotopic (exact) mass is 228 g/mol. The van der Waals surface area contributed by atoms with E-state index in [-0.39, 0.29) is 6.61 Å². The summed E-state index contributed by atoms with van der Waals surface area (Å²) >= 11 is 0. The van der Waals surface area contributed by atoms with Gasteiger partial charge in [0.2, 0.25) is 0 Å². The van der Waals surface area contributed by atoms with Crippen LogP contribution in [0.3, 0.4) is 0 Å². The van der Waals surface area contributed by atoms with Crippen LogP contribution in [0, 0.1) is 0 Å². The molecule has 0 aromatic rings. The first-order valence-electron chi connectivity index (χ1n) is 3.85. The van der Waals surface area contributed by atoms with Gasteiger partial charge in [0.25, 0.3) is 10.1 Å². The third-order valence-electron chi connectivity index (χ3n) is 1.75. The van der Waals surface area contributed by atoms with Crippen LogP contribution in [0.15, 0.2) is 0 Å². The fourth-order valence-electron chi connectivity index (χ4n) is 1.09. The molecule has 8 heteroatoms. The summed E-state index contributed by atoms with van der Waals surface area (Å²) in [5, 5.41) is 27.3. The first-order chi connectivity index (χ1) is 6.31. The van der Waals surface area contributed by atoms with E-state index in [0.29, 0.717) is 0 Å². The summed E-state index contributed by atoms with van der Waals surface area (Å²) in [7, 11) is -3.73. The highest BCUT2D eigenvalue weighted by atomic mass is 32.2. The van der Waals surface area contributed by atoms with Crippen LogP contribution in [0.2, 0.25) is 0 Å². The van der Waals surface area contributed by atoms with Gasteiger partial charge in [0.15, 0.2) is 6.29 Å². The first kappa shape index (κ1) is 11.8. The van der Waals surface area contributed by atoms with Crippen LogP contribution in [-0.4, -0.2) is 61.2 Å². The van der Waals surface area contributed by atoms with E-state index in [4.69, 9.17) is 10.2 Å². The molecule has 0 saturated carbocycles. The largest absolute Gasteiger partial charge is 0.387 e. The Balaban J connectivity index is 2.64. The minimum absolute atomic E-state index is 0.299. The molecule has 4 unspecified atom stereocenters. The van der Waals surface area contributed by atoms with Crippen LogP contribution >= 0.6 is 0 Å². The van der Waals surface area contributed by atoms with Crippen molar-refractivity contribution in [3.63, 3.8) is 0 Å². The average molecular weight is 228 g/mol. The lowest BCUT2D eigenvalue weighted by molar-refractivity contribution is -0.247. The van der Waals surface area contributed by atoms with Crippen molar-refractivity contribution in [3.8, 4) is 0 Å². The van der Waals surface area contributed by atoms with E-state index >= 15 is 0 Å². The summed E-state index contributed by atoms with van der Waals surface area (Å²) in [4.78, 5) is 0. The molecule has 1 aliphatic rings. The zero-order valence-electron chi connectivity index (χ0n) is 7.40. The predicted molar refractivity (Wildman–Crippen MR) is 43.7 cm³/mol. The normalized spacial score (nSPS) is 39.7. The van der Waals surface area contributed by atoms with Gasteiger partial charge in [-0.1, -0.05) is 0 Å². The maximum Gasteiger partial charge on any atom is 0.264 e. The minimum atomic E-state index is -3.73. The Bertz CT molecular complexity index is 287. The first-order valence-corrected chi connectivity index (χ1v) is 5.67. The molecule has 7 nitrogen and oxygen atoms in total. The Kier molecular flexibility index (Phi) is 3.45. The van der Waals surface area contributed by atoms with Crippen LogP contribution in [0.4, 0.5) is 0 Å². The number of aliphatic hydroxyl groups excluding tert-OH is 3. The quantitative estimate of drug-likeness (QED) is 0.444. The molecule has 1 rings (SSSR count). The van der Waals surface area contributed by atoms with Gasteiger partial charge >= 0.3 is 0 Å². The lowest BCUT2D eigenvalue weighted by atomic mass is 10.1. The zero-order chi connectivity index (χ0) is 10.9. The number of rotatable bonds is 2. The Hall–Kier alpha value is -0.250. The summed E-state index contributed by atoms with van der Waals surface area (Å²) in [6.45, 7) is -0.299. The third-order valence-corrected chi connectivity index (χ3v) is 2.35. The van der Waals surface area contributed by atoms with Gasteiger partial charge in [0.05, 0.1) is 12.9 Å². The molecule has 0 radical (unpaired) electrons. The second-order valence-electron chi connectivity index (χ2n) is 3.04. The van der Waals surface area contributed by atoms with Crippen LogP contribution in [0.5, 0.6) is 0 Å². The van der Waals surface area contributed by atoms with Crippen LogP contribution in [0.25, 0.3) is 0 Å². The Morgan fingerprint density at radius 2 is 1.86 bits per heavy atom. The lowest BCUT2D eigenvalue weighted by Gasteiger charge is -2.33. The van der Waals surface area contributed by atoms with Gasteiger partial charge in [-0.2, -0.15) is 8.42 Å². The topological polar surface area (TPSA) is 113 Å². The second kappa shape index (κ2) is 4.09. The SMILES string of the molecule is CS(=O)(=O)OC1COC(O)C(O)C1O. The summed E-state index contributed by atoms with van der Waals surface area (Å²) in [6.07, 6.45) is -4.96. The van der Waals surface area contributed by atoms with Crippen molar-refractivity contribution < 1.29 is 32.7 Å². The summed E-state index contributed by atoms with van der Waals surface area (Å²) < 4.78 is 30.4. The van der Waals surface area contributed by atoms with E-state index in [1.54, 1.807) is 0 Å². The van der Waals surface area contributed by atoms with Crippen molar-refractivity contribution in [1.82, 2.24) is 0 Å². The molecule has 84 valence electrons. The number of hydrogen-bond donors (Lipinski definition) is 3. The van der Waals surface area contributed by atoms with E-state index in [2.05, 4.69) is 8.92 Å². The van der Waals surface area contributed by atoms with Crippen molar-refractivity contribution >= 4 is 10.1 Å². The summed E-state index contributed by atoms with van der Waals surface area (Å²) in [6, 6.07) is 0. The molecule has 1 heterocycles. The third kappa shape index (κ3) is 2.87. The van der Waals surface area contributed by atoms with E-state index in [1.807, 2.05) is 0 Å². The fraction of sp³-hybridized carbons (Fsp3) is 1.00. The smallest absolute Gasteiger partial charge is 0.264 e. The van der Waals surface area contributed by atoms with Gasteiger partial charge in [0.1, 0.15) is 18.3 Å². The molecule has 3 N–H and O–H groups in total. The molecule has 4 atom stereocenters. The molecule has 1 fully saturated rings. The molecule has 1 aliphatic heterocycles. The van der Waals surface area contributed by atoms with Gasteiger partial charge in [-0.15, -0.1) is 0 Å². The van der Waals surface area contributed by atoms with Crippen LogP contribution < -0.4 is 0 Å².